The SMILES string of the molecule is CCC(Br)c1nnc(-c2cccc(OC)c2OC)s1. The molecule has 0 aliphatic carbocycles. The van der Waals surface area contributed by atoms with Gasteiger partial charge in [-0.25, -0.2) is 0 Å². The molecule has 0 aliphatic heterocycles. The van der Waals surface area contributed by atoms with Crippen LogP contribution < -0.4 is 9.47 Å². The minimum absolute atomic E-state index is 0.246. The molecule has 4 nitrogen and oxygen atoms in total. The molecule has 19 heavy (non-hydrogen) atoms. The maximum atomic E-state index is 5.42. The Morgan fingerprint density at radius 3 is 2.68 bits per heavy atom. The van der Waals surface area contributed by atoms with Gasteiger partial charge in [-0.05, 0) is 18.6 Å². The average Bonchev–Trinajstić information content (AvgIpc) is 2.95. The predicted octanol–water partition coefficient (Wildman–Crippen LogP) is 4.07. The normalized spacial score (nSPS) is 12.2. The number of rotatable bonds is 5. The van der Waals surface area contributed by atoms with Crippen molar-refractivity contribution in [2.75, 3.05) is 14.2 Å². The standard InChI is InChI=1S/C13H15BrN2O2S/c1-4-9(14)13-16-15-12(19-13)8-6-5-7-10(17-2)11(8)18-3/h5-7,9H,4H2,1-3H3. The Morgan fingerprint density at radius 2 is 2.05 bits per heavy atom. The highest BCUT2D eigenvalue weighted by atomic mass is 79.9. The second-order valence-electron chi connectivity index (χ2n) is 3.86. The lowest BCUT2D eigenvalue weighted by molar-refractivity contribution is 0.356. The predicted molar refractivity (Wildman–Crippen MR) is 80.4 cm³/mol. The van der Waals surface area contributed by atoms with Crippen LogP contribution in [-0.2, 0) is 0 Å². The fraction of sp³-hybridized carbons (Fsp3) is 0.385. The Balaban J connectivity index is 2.44. The van der Waals surface area contributed by atoms with Crippen LogP contribution in [0.25, 0.3) is 10.6 Å². The van der Waals surface area contributed by atoms with Crippen LogP contribution in [0.3, 0.4) is 0 Å². The number of alkyl halides is 1. The number of para-hydroxylation sites is 1. The van der Waals surface area contributed by atoms with Crippen molar-refractivity contribution in [3.8, 4) is 22.1 Å². The molecular weight excluding hydrogens is 328 g/mol. The summed E-state index contributed by atoms with van der Waals surface area (Å²) in [7, 11) is 3.25. The van der Waals surface area contributed by atoms with Crippen molar-refractivity contribution in [2.45, 2.75) is 18.2 Å². The Morgan fingerprint density at radius 1 is 1.26 bits per heavy atom. The molecule has 0 amide bonds. The number of halogens is 1. The smallest absolute Gasteiger partial charge is 0.171 e. The number of hydrogen-bond acceptors (Lipinski definition) is 5. The lowest BCUT2D eigenvalue weighted by Crippen LogP contribution is -1.92. The van der Waals surface area contributed by atoms with Crippen molar-refractivity contribution in [3.63, 3.8) is 0 Å². The highest BCUT2D eigenvalue weighted by molar-refractivity contribution is 9.09. The summed E-state index contributed by atoms with van der Waals surface area (Å²) >= 11 is 5.15. The van der Waals surface area contributed by atoms with E-state index < -0.39 is 0 Å². The number of benzene rings is 1. The van der Waals surface area contributed by atoms with Gasteiger partial charge in [0.25, 0.3) is 0 Å². The highest BCUT2D eigenvalue weighted by Crippen LogP contribution is 2.40. The van der Waals surface area contributed by atoms with Crippen molar-refractivity contribution in [1.29, 1.82) is 0 Å². The van der Waals surface area contributed by atoms with Crippen LogP contribution in [0.5, 0.6) is 11.5 Å². The fourth-order valence-corrected chi connectivity index (χ4v) is 3.00. The van der Waals surface area contributed by atoms with Crippen molar-refractivity contribution in [3.05, 3.63) is 23.2 Å². The molecule has 0 saturated heterocycles. The summed E-state index contributed by atoms with van der Waals surface area (Å²) in [5.41, 5.74) is 0.904. The van der Waals surface area contributed by atoms with Crippen molar-refractivity contribution < 1.29 is 9.47 Å². The lowest BCUT2D eigenvalue weighted by atomic mass is 10.2. The van der Waals surface area contributed by atoms with Crippen molar-refractivity contribution in [1.82, 2.24) is 10.2 Å². The van der Waals surface area contributed by atoms with Gasteiger partial charge >= 0.3 is 0 Å². The lowest BCUT2D eigenvalue weighted by Gasteiger charge is -2.10. The van der Waals surface area contributed by atoms with E-state index in [-0.39, 0.29) is 4.83 Å². The first kappa shape index (κ1) is 14.3. The average molecular weight is 343 g/mol. The van der Waals surface area contributed by atoms with Crippen LogP contribution in [0.2, 0.25) is 0 Å². The van der Waals surface area contributed by atoms with Gasteiger partial charge in [-0.15, -0.1) is 10.2 Å². The summed E-state index contributed by atoms with van der Waals surface area (Å²) in [5.74, 6) is 1.39. The van der Waals surface area contributed by atoms with E-state index in [9.17, 15) is 0 Å². The largest absolute Gasteiger partial charge is 0.493 e. The summed E-state index contributed by atoms with van der Waals surface area (Å²) in [6.07, 6.45) is 0.976. The van der Waals surface area contributed by atoms with Crippen molar-refractivity contribution >= 4 is 27.3 Å². The molecule has 0 N–H and O–H groups in total. The van der Waals surface area contributed by atoms with Crippen LogP contribution in [0.4, 0.5) is 0 Å². The van der Waals surface area contributed by atoms with Gasteiger partial charge in [0.15, 0.2) is 16.5 Å². The van der Waals surface area contributed by atoms with Gasteiger partial charge in [-0.2, -0.15) is 0 Å². The Kier molecular flexibility index (Phi) is 4.76. The van der Waals surface area contributed by atoms with E-state index in [4.69, 9.17) is 9.47 Å². The quantitative estimate of drug-likeness (QED) is 0.768. The number of nitrogens with zero attached hydrogens (tertiary/aromatic N) is 2. The molecule has 1 aromatic heterocycles. The Hall–Kier alpha value is -1.14. The zero-order valence-corrected chi connectivity index (χ0v) is 13.4. The molecule has 0 saturated carbocycles. The van der Waals surface area contributed by atoms with Gasteiger partial charge in [-0.1, -0.05) is 40.3 Å². The first-order chi connectivity index (χ1) is 9.21. The molecule has 2 aromatic rings. The van der Waals surface area contributed by atoms with Crippen molar-refractivity contribution in [2.24, 2.45) is 0 Å². The van der Waals surface area contributed by atoms with E-state index in [1.807, 2.05) is 18.2 Å². The van der Waals surface area contributed by atoms with Crippen LogP contribution in [0.15, 0.2) is 18.2 Å². The van der Waals surface area contributed by atoms with E-state index in [2.05, 4.69) is 33.1 Å². The molecule has 6 heteroatoms. The van der Waals surface area contributed by atoms with Gasteiger partial charge in [0.05, 0.1) is 24.6 Å². The van der Waals surface area contributed by atoms with Crippen LogP contribution in [0.1, 0.15) is 23.2 Å². The van der Waals surface area contributed by atoms with Gasteiger partial charge in [0.2, 0.25) is 0 Å². The molecule has 1 unspecified atom stereocenters. The van der Waals surface area contributed by atoms with E-state index in [0.717, 1.165) is 22.0 Å². The van der Waals surface area contributed by atoms with E-state index in [1.54, 1.807) is 25.6 Å². The molecule has 0 aliphatic rings. The molecule has 1 heterocycles. The molecule has 102 valence electrons. The third kappa shape index (κ3) is 2.90. The maximum Gasteiger partial charge on any atom is 0.171 e. The van der Waals surface area contributed by atoms with E-state index in [0.29, 0.717) is 11.5 Å². The Bertz CT molecular complexity index is 559. The molecule has 0 fully saturated rings. The third-order valence-corrected chi connectivity index (χ3v) is 5.15. The van der Waals surface area contributed by atoms with Gasteiger partial charge in [0, 0.05) is 0 Å². The topological polar surface area (TPSA) is 44.2 Å². The first-order valence-corrected chi connectivity index (χ1v) is 7.63. The van der Waals surface area contributed by atoms with Crippen LogP contribution in [-0.4, -0.2) is 24.4 Å². The Labute approximate surface area is 124 Å². The molecule has 1 aromatic carbocycles. The van der Waals surface area contributed by atoms with Crippen LogP contribution in [0, 0.1) is 0 Å². The molecule has 0 radical (unpaired) electrons. The minimum atomic E-state index is 0.246. The van der Waals surface area contributed by atoms with Gasteiger partial charge in [0.1, 0.15) is 5.01 Å². The minimum Gasteiger partial charge on any atom is -0.493 e. The second kappa shape index (κ2) is 6.34. The summed E-state index contributed by atoms with van der Waals surface area (Å²) in [5, 5.41) is 10.3. The molecule has 0 spiro atoms. The maximum absolute atomic E-state index is 5.42. The molecule has 2 rings (SSSR count). The van der Waals surface area contributed by atoms with E-state index >= 15 is 0 Å². The fourth-order valence-electron chi connectivity index (χ4n) is 1.70. The summed E-state index contributed by atoms with van der Waals surface area (Å²) in [4.78, 5) is 0.246. The molecule has 0 bridgehead atoms. The van der Waals surface area contributed by atoms with E-state index in [1.165, 1.54) is 0 Å². The summed E-state index contributed by atoms with van der Waals surface area (Å²) < 4.78 is 10.7. The first-order valence-electron chi connectivity index (χ1n) is 5.90. The van der Waals surface area contributed by atoms with Crippen LogP contribution >= 0.6 is 27.3 Å². The second-order valence-corrected chi connectivity index (χ2v) is 5.98. The highest BCUT2D eigenvalue weighted by Gasteiger charge is 2.17. The zero-order valence-electron chi connectivity index (χ0n) is 11.0. The summed E-state index contributed by atoms with van der Waals surface area (Å²) in [6, 6.07) is 5.74. The molecular formula is C13H15BrN2O2S. The monoisotopic (exact) mass is 342 g/mol. The summed E-state index contributed by atoms with van der Waals surface area (Å²) in [6.45, 7) is 2.10. The van der Waals surface area contributed by atoms with Gasteiger partial charge in [-0.3, -0.25) is 0 Å². The zero-order chi connectivity index (χ0) is 13.8. The van der Waals surface area contributed by atoms with Gasteiger partial charge < -0.3 is 9.47 Å². The number of hydrogen-bond donors (Lipinski definition) is 0. The third-order valence-electron chi connectivity index (χ3n) is 2.70. The number of methoxy groups -OCH3 is 2. The molecule has 1 atom stereocenters. The number of aromatic nitrogens is 2. The number of ether oxygens (including phenoxy) is 2.